The normalized spacial score (nSPS) is 10.8. The maximum absolute atomic E-state index is 5.89. The number of hydrogen-bond donors (Lipinski definition) is 0. The van der Waals surface area contributed by atoms with Crippen LogP contribution in [0.1, 0.15) is 0 Å². The zero-order valence-corrected chi connectivity index (χ0v) is 14.0. The molecule has 0 aliphatic heterocycles. The molecule has 5 heteroatoms. The molecular weight excluding hydrogens is 327 g/mol. The third-order valence-electron chi connectivity index (χ3n) is 2.88. The van der Waals surface area contributed by atoms with Gasteiger partial charge in [-0.1, -0.05) is 54.6 Å². The number of para-hydroxylation sites is 3. The van der Waals surface area contributed by atoms with Crippen LogP contribution in [0.2, 0.25) is 0 Å². The van der Waals surface area contributed by atoms with Crippen molar-refractivity contribution in [3.63, 3.8) is 0 Å². The van der Waals surface area contributed by atoms with Crippen molar-refractivity contribution in [3.05, 3.63) is 91.0 Å². The molecule has 0 atom stereocenters. The fraction of sp³-hybridized carbons (Fsp3) is 0. The van der Waals surface area contributed by atoms with E-state index in [0.717, 1.165) is 0 Å². The molecule has 0 amide bonds. The highest BCUT2D eigenvalue weighted by atomic mass is 32.5. The average molecular weight is 342 g/mol. The summed E-state index contributed by atoms with van der Waals surface area (Å²) in [5.41, 5.74) is 0. The molecule has 0 unspecified atom stereocenters. The number of hydrogen-bond acceptors (Lipinski definition) is 4. The summed E-state index contributed by atoms with van der Waals surface area (Å²) in [5, 5.41) is 0. The van der Waals surface area contributed by atoms with Crippen LogP contribution in [0.3, 0.4) is 0 Å². The van der Waals surface area contributed by atoms with Gasteiger partial charge in [0.2, 0.25) is 0 Å². The molecule has 3 nitrogen and oxygen atoms in total. The largest absolute Gasteiger partial charge is 0.490 e. The molecule has 0 N–H and O–H groups in total. The van der Waals surface area contributed by atoms with E-state index in [1.807, 2.05) is 91.0 Å². The Morgan fingerprint density at radius 1 is 0.478 bits per heavy atom. The van der Waals surface area contributed by atoms with Crippen LogP contribution in [0.15, 0.2) is 91.0 Å². The topological polar surface area (TPSA) is 27.7 Å². The van der Waals surface area contributed by atoms with Crippen molar-refractivity contribution >= 4 is 18.5 Å². The van der Waals surface area contributed by atoms with Gasteiger partial charge in [0.1, 0.15) is 17.2 Å². The molecule has 0 heterocycles. The Kier molecular flexibility index (Phi) is 4.96. The number of rotatable bonds is 6. The third kappa shape index (κ3) is 4.59. The Balaban J connectivity index is 1.87. The van der Waals surface area contributed by atoms with Gasteiger partial charge in [0.15, 0.2) is 0 Å². The van der Waals surface area contributed by atoms with Gasteiger partial charge in [0.25, 0.3) is 0 Å². The molecule has 23 heavy (non-hydrogen) atoms. The standard InChI is InChI=1S/C18H15O3PS/c23-22(19-16-10-4-1-5-11-16,20-17-12-6-2-7-13-17)21-18-14-8-3-9-15-18/h1-15H. The summed E-state index contributed by atoms with van der Waals surface area (Å²) in [6.45, 7) is -3.05. The molecule has 3 aromatic rings. The minimum atomic E-state index is -3.05. The molecule has 0 saturated heterocycles. The maximum atomic E-state index is 5.89. The summed E-state index contributed by atoms with van der Waals surface area (Å²) < 4.78 is 17.7. The second-order valence-corrected chi connectivity index (χ2v) is 7.44. The molecule has 0 aliphatic carbocycles. The van der Waals surface area contributed by atoms with Crippen LogP contribution in [-0.2, 0) is 11.8 Å². The second kappa shape index (κ2) is 7.32. The lowest BCUT2D eigenvalue weighted by atomic mass is 10.3. The molecule has 0 radical (unpaired) electrons. The Labute approximate surface area is 140 Å². The van der Waals surface area contributed by atoms with Crippen molar-refractivity contribution in [2.24, 2.45) is 0 Å². The second-order valence-electron chi connectivity index (χ2n) is 4.66. The van der Waals surface area contributed by atoms with Gasteiger partial charge in [-0.25, -0.2) is 0 Å². The van der Waals surface area contributed by atoms with Crippen LogP contribution in [0, 0.1) is 0 Å². The first-order valence-electron chi connectivity index (χ1n) is 7.07. The van der Waals surface area contributed by atoms with Crippen molar-refractivity contribution in [3.8, 4) is 17.2 Å². The Morgan fingerprint density at radius 2 is 0.739 bits per heavy atom. The minimum absolute atomic E-state index is 0.614. The summed E-state index contributed by atoms with van der Waals surface area (Å²) >= 11 is 5.59. The zero-order valence-electron chi connectivity index (χ0n) is 12.2. The van der Waals surface area contributed by atoms with E-state index in [0.29, 0.717) is 17.2 Å². The van der Waals surface area contributed by atoms with Crippen molar-refractivity contribution in [2.45, 2.75) is 0 Å². The average Bonchev–Trinajstić information content (AvgIpc) is 2.57. The third-order valence-corrected chi connectivity index (χ3v) is 4.86. The van der Waals surface area contributed by atoms with Crippen LogP contribution >= 0.6 is 6.72 Å². The molecule has 0 aliphatic rings. The minimum Gasteiger partial charge on any atom is -0.407 e. The lowest BCUT2D eigenvalue weighted by molar-refractivity contribution is 0.384. The van der Waals surface area contributed by atoms with Crippen LogP contribution in [-0.4, -0.2) is 0 Å². The summed E-state index contributed by atoms with van der Waals surface area (Å²) in [7, 11) is 0. The summed E-state index contributed by atoms with van der Waals surface area (Å²) in [6.07, 6.45) is 0. The van der Waals surface area contributed by atoms with Crippen molar-refractivity contribution in [1.29, 1.82) is 0 Å². The van der Waals surface area contributed by atoms with Crippen molar-refractivity contribution in [1.82, 2.24) is 0 Å². The molecule has 0 aromatic heterocycles. The highest BCUT2D eigenvalue weighted by Gasteiger charge is 2.26. The molecule has 0 saturated carbocycles. The van der Waals surface area contributed by atoms with Crippen LogP contribution in [0.4, 0.5) is 0 Å². The van der Waals surface area contributed by atoms with E-state index in [2.05, 4.69) is 0 Å². The van der Waals surface area contributed by atoms with Gasteiger partial charge in [0, 0.05) is 11.8 Å². The number of benzene rings is 3. The van der Waals surface area contributed by atoms with Gasteiger partial charge in [0.05, 0.1) is 0 Å². The van der Waals surface area contributed by atoms with Gasteiger partial charge in [-0.3, -0.25) is 0 Å². The highest BCUT2D eigenvalue weighted by Crippen LogP contribution is 2.49. The molecule has 0 bridgehead atoms. The molecule has 3 rings (SSSR count). The van der Waals surface area contributed by atoms with Gasteiger partial charge in [-0.15, -0.1) is 0 Å². The van der Waals surface area contributed by atoms with E-state index in [1.165, 1.54) is 0 Å². The lowest BCUT2D eigenvalue weighted by Gasteiger charge is -2.23. The van der Waals surface area contributed by atoms with Crippen molar-refractivity contribution in [2.75, 3.05) is 0 Å². The van der Waals surface area contributed by atoms with E-state index < -0.39 is 6.72 Å². The first-order valence-corrected chi connectivity index (χ1v) is 9.63. The molecule has 0 spiro atoms. The molecule has 0 fully saturated rings. The zero-order chi connectivity index (χ0) is 16.0. The predicted octanol–water partition coefficient (Wildman–Crippen LogP) is 5.45. The van der Waals surface area contributed by atoms with Crippen LogP contribution < -0.4 is 13.6 Å². The fourth-order valence-corrected chi connectivity index (χ4v) is 3.91. The maximum Gasteiger partial charge on any atom is 0.490 e. The SMILES string of the molecule is S=P(Oc1ccccc1)(Oc1ccccc1)Oc1ccccc1. The van der Waals surface area contributed by atoms with E-state index in [1.54, 1.807) is 0 Å². The molecule has 116 valence electrons. The first-order chi connectivity index (χ1) is 11.2. The van der Waals surface area contributed by atoms with E-state index in [4.69, 9.17) is 25.4 Å². The quantitative estimate of drug-likeness (QED) is 0.557. The summed E-state index contributed by atoms with van der Waals surface area (Å²) in [4.78, 5) is 0. The lowest BCUT2D eigenvalue weighted by Crippen LogP contribution is -2.07. The monoisotopic (exact) mass is 342 g/mol. The van der Waals surface area contributed by atoms with Crippen LogP contribution in [0.5, 0.6) is 17.2 Å². The Hall–Kier alpha value is -2.29. The summed E-state index contributed by atoms with van der Waals surface area (Å²) in [6, 6.07) is 27.9. The highest BCUT2D eigenvalue weighted by molar-refractivity contribution is 8.08. The smallest absolute Gasteiger partial charge is 0.407 e. The molecular formula is C18H15O3PS. The van der Waals surface area contributed by atoms with E-state index in [9.17, 15) is 0 Å². The summed E-state index contributed by atoms with van der Waals surface area (Å²) in [5.74, 6) is 1.84. The first kappa shape index (κ1) is 15.6. The van der Waals surface area contributed by atoms with E-state index in [-0.39, 0.29) is 0 Å². The van der Waals surface area contributed by atoms with Gasteiger partial charge in [-0.05, 0) is 36.4 Å². The Bertz CT molecular complexity index is 671. The Morgan fingerprint density at radius 3 is 1.00 bits per heavy atom. The van der Waals surface area contributed by atoms with Gasteiger partial charge < -0.3 is 13.6 Å². The molecule has 3 aromatic carbocycles. The van der Waals surface area contributed by atoms with Gasteiger partial charge in [-0.2, -0.15) is 0 Å². The van der Waals surface area contributed by atoms with Gasteiger partial charge >= 0.3 is 6.72 Å². The van der Waals surface area contributed by atoms with Crippen LogP contribution in [0.25, 0.3) is 0 Å². The fourth-order valence-electron chi connectivity index (χ4n) is 1.89. The van der Waals surface area contributed by atoms with Crippen molar-refractivity contribution < 1.29 is 13.6 Å². The predicted molar refractivity (Wildman–Crippen MR) is 95.5 cm³/mol. The van der Waals surface area contributed by atoms with E-state index >= 15 is 0 Å².